The fourth-order valence-electron chi connectivity index (χ4n) is 1.36. The molecule has 2 aromatic rings. The average molecular weight is 229 g/mol. The van der Waals surface area contributed by atoms with Crippen molar-refractivity contribution in [3.8, 4) is 0 Å². The van der Waals surface area contributed by atoms with Crippen LogP contribution >= 0.6 is 34.7 Å². The van der Waals surface area contributed by atoms with E-state index in [1.807, 2.05) is 0 Å². The monoisotopic (exact) mass is 228 g/mol. The Bertz CT molecular complexity index is 445. The Kier molecular flexibility index (Phi) is 2.54. The second kappa shape index (κ2) is 3.52. The molecule has 13 heavy (non-hydrogen) atoms. The molecular formula is C10H9ClS2. The van der Waals surface area contributed by atoms with Gasteiger partial charge in [0.25, 0.3) is 0 Å². The maximum Gasteiger partial charge on any atom is 0.0941 e. The smallest absolute Gasteiger partial charge is 0.0941 e. The topological polar surface area (TPSA) is 0 Å². The van der Waals surface area contributed by atoms with Crippen molar-refractivity contribution >= 4 is 44.8 Å². The first kappa shape index (κ1) is 9.38. The molecule has 1 aromatic carbocycles. The zero-order valence-electron chi connectivity index (χ0n) is 7.43. The summed E-state index contributed by atoms with van der Waals surface area (Å²) in [6.45, 7) is 2.12. The van der Waals surface area contributed by atoms with Crippen LogP contribution in [0.1, 0.15) is 5.56 Å². The maximum absolute atomic E-state index is 5.99. The van der Waals surface area contributed by atoms with Gasteiger partial charge in [-0.1, -0.05) is 17.7 Å². The summed E-state index contributed by atoms with van der Waals surface area (Å²) in [5.74, 6) is 0. The number of rotatable bonds is 1. The van der Waals surface area contributed by atoms with E-state index in [0.717, 1.165) is 4.34 Å². The van der Waals surface area contributed by atoms with Crippen molar-refractivity contribution in [3.05, 3.63) is 28.1 Å². The van der Waals surface area contributed by atoms with E-state index in [9.17, 15) is 0 Å². The summed E-state index contributed by atoms with van der Waals surface area (Å²) in [5, 5.41) is 1.29. The molecule has 1 aromatic heterocycles. The van der Waals surface area contributed by atoms with Gasteiger partial charge in [0.2, 0.25) is 0 Å². The lowest BCUT2D eigenvalue weighted by molar-refractivity contribution is 1.48. The Balaban J connectivity index is 2.83. The van der Waals surface area contributed by atoms with Crippen LogP contribution in [-0.4, -0.2) is 6.26 Å². The van der Waals surface area contributed by atoms with Gasteiger partial charge >= 0.3 is 0 Å². The Labute approximate surface area is 90.9 Å². The molecule has 0 unspecified atom stereocenters. The van der Waals surface area contributed by atoms with Gasteiger partial charge < -0.3 is 0 Å². The quantitative estimate of drug-likeness (QED) is 0.644. The van der Waals surface area contributed by atoms with Crippen LogP contribution in [0.2, 0.25) is 4.34 Å². The third-order valence-corrected chi connectivity index (χ3v) is 4.26. The first-order chi connectivity index (χ1) is 6.22. The number of halogens is 1. The summed E-state index contributed by atoms with van der Waals surface area (Å²) in [6.07, 6.45) is 2.09. The zero-order valence-corrected chi connectivity index (χ0v) is 9.82. The second-order valence-corrected chi connectivity index (χ2v) is 5.41. The van der Waals surface area contributed by atoms with Crippen molar-refractivity contribution in [1.29, 1.82) is 0 Å². The zero-order chi connectivity index (χ0) is 9.42. The molecule has 0 atom stereocenters. The van der Waals surface area contributed by atoms with Crippen LogP contribution in [0.5, 0.6) is 0 Å². The fraction of sp³-hybridized carbons (Fsp3) is 0.200. The first-order valence-electron chi connectivity index (χ1n) is 3.95. The van der Waals surface area contributed by atoms with E-state index in [1.165, 1.54) is 20.5 Å². The molecule has 0 saturated carbocycles. The largest absolute Gasteiger partial charge is 0.128 e. The van der Waals surface area contributed by atoms with Gasteiger partial charge in [-0.25, -0.2) is 0 Å². The molecule has 0 aliphatic heterocycles. The van der Waals surface area contributed by atoms with E-state index < -0.39 is 0 Å². The summed E-state index contributed by atoms with van der Waals surface area (Å²) in [6, 6.07) is 6.36. The highest BCUT2D eigenvalue weighted by Crippen LogP contribution is 2.37. The minimum absolute atomic E-state index is 0.875. The van der Waals surface area contributed by atoms with Gasteiger partial charge in [0, 0.05) is 9.60 Å². The van der Waals surface area contributed by atoms with Gasteiger partial charge in [0.15, 0.2) is 0 Å². The van der Waals surface area contributed by atoms with E-state index in [-0.39, 0.29) is 0 Å². The molecule has 0 aliphatic carbocycles. The summed E-state index contributed by atoms with van der Waals surface area (Å²) in [5.41, 5.74) is 1.30. The van der Waals surface area contributed by atoms with E-state index in [0.29, 0.717) is 0 Å². The Morgan fingerprint density at radius 3 is 2.85 bits per heavy atom. The minimum Gasteiger partial charge on any atom is -0.128 e. The highest BCUT2D eigenvalue weighted by molar-refractivity contribution is 7.99. The molecule has 0 radical (unpaired) electrons. The SMILES string of the molecule is CSc1ccc(C)c2cc(Cl)sc12. The van der Waals surface area contributed by atoms with Gasteiger partial charge in [-0.3, -0.25) is 0 Å². The average Bonchev–Trinajstić information content (AvgIpc) is 2.48. The summed E-state index contributed by atoms with van der Waals surface area (Å²) < 4.78 is 2.19. The number of thiophene rings is 1. The van der Waals surface area contributed by atoms with Crippen LogP contribution in [0.4, 0.5) is 0 Å². The van der Waals surface area contributed by atoms with E-state index in [1.54, 1.807) is 23.1 Å². The van der Waals surface area contributed by atoms with Crippen LogP contribution in [-0.2, 0) is 0 Å². The van der Waals surface area contributed by atoms with Crippen molar-refractivity contribution in [2.75, 3.05) is 6.26 Å². The molecule has 0 N–H and O–H groups in total. The lowest BCUT2D eigenvalue weighted by Gasteiger charge is -2.00. The molecular weight excluding hydrogens is 220 g/mol. The number of benzene rings is 1. The second-order valence-electron chi connectivity index (χ2n) is 2.88. The number of hydrogen-bond acceptors (Lipinski definition) is 2. The van der Waals surface area contributed by atoms with Crippen molar-refractivity contribution in [2.45, 2.75) is 11.8 Å². The van der Waals surface area contributed by atoms with Crippen LogP contribution in [0.15, 0.2) is 23.1 Å². The van der Waals surface area contributed by atoms with Crippen molar-refractivity contribution in [1.82, 2.24) is 0 Å². The van der Waals surface area contributed by atoms with Gasteiger partial charge in [-0.05, 0) is 36.3 Å². The van der Waals surface area contributed by atoms with Gasteiger partial charge in [0.1, 0.15) is 0 Å². The van der Waals surface area contributed by atoms with Gasteiger partial charge in [-0.15, -0.1) is 23.1 Å². The minimum atomic E-state index is 0.875. The number of hydrogen-bond donors (Lipinski definition) is 0. The summed E-state index contributed by atoms with van der Waals surface area (Å²) >= 11 is 9.43. The first-order valence-corrected chi connectivity index (χ1v) is 6.37. The number of fused-ring (bicyclic) bond motifs is 1. The highest BCUT2D eigenvalue weighted by Gasteiger charge is 2.06. The predicted molar refractivity (Wildman–Crippen MR) is 63.4 cm³/mol. The molecule has 0 bridgehead atoms. The van der Waals surface area contributed by atoms with Gasteiger partial charge in [0.05, 0.1) is 4.34 Å². The third kappa shape index (κ3) is 1.58. The normalized spacial score (nSPS) is 11.0. The van der Waals surface area contributed by atoms with E-state index in [4.69, 9.17) is 11.6 Å². The molecule has 0 aliphatic rings. The Morgan fingerprint density at radius 1 is 1.38 bits per heavy atom. The molecule has 0 nitrogen and oxygen atoms in total. The van der Waals surface area contributed by atoms with Crippen LogP contribution in [0.3, 0.4) is 0 Å². The third-order valence-electron chi connectivity index (χ3n) is 2.06. The van der Waals surface area contributed by atoms with Crippen LogP contribution < -0.4 is 0 Å². The molecule has 68 valence electrons. The summed E-state index contributed by atoms with van der Waals surface area (Å²) in [4.78, 5) is 1.32. The highest BCUT2D eigenvalue weighted by atomic mass is 35.5. The van der Waals surface area contributed by atoms with Crippen LogP contribution in [0.25, 0.3) is 10.1 Å². The lowest BCUT2D eigenvalue weighted by atomic mass is 10.1. The maximum atomic E-state index is 5.99. The molecule has 0 spiro atoms. The molecule has 3 heteroatoms. The Morgan fingerprint density at radius 2 is 2.15 bits per heavy atom. The molecule has 0 amide bonds. The number of thioether (sulfide) groups is 1. The van der Waals surface area contributed by atoms with Gasteiger partial charge in [-0.2, -0.15) is 0 Å². The summed E-state index contributed by atoms with van der Waals surface area (Å²) in [7, 11) is 0. The molecule has 0 fully saturated rings. The molecule has 1 heterocycles. The molecule has 0 saturated heterocycles. The van der Waals surface area contributed by atoms with E-state index in [2.05, 4.69) is 31.4 Å². The van der Waals surface area contributed by atoms with Crippen molar-refractivity contribution in [2.24, 2.45) is 0 Å². The van der Waals surface area contributed by atoms with Crippen molar-refractivity contribution < 1.29 is 0 Å². The molecule has 2 rings (SSSR count). The van der Waals surface area contributed by atoms with Crippen LogP contribution in [0, 0.1) is 6.92 Å². The van der Waals surface area contributed by atoms with E-state index >= 15 is 0 Å². The number of aryl methyl sites for hydroxylation is 1. The Hall–Kier alpha value is -0.180. The van der Waals surface area contributed by atoms with Crippen molar-refractivity contribution in [3.63, 3.8) is 0 Å². The fourth-order valence-corrected chi connectivity index (χ4v) is 3.45. The lowest BCUT2D eigenvalue weighted by Crippen LogP contribution is -1.75. The predicted octanol–water partition coefficient (Wildman–Crippen LogP) is 4.59. The standard InChI is InChI=1S/C10H9ClS2/c1-6-3-4-8(12-2)10-7(6)5-9(11)13-10/h3-5H,1-2H3.